The van der Waals surface area contributed by atoms with Crippen LogP contribution in [0.4, 0.5) is 13.2 Å². The maximum Gasteiger partial charge on any atom is 0.574 e. The van der Waals surface area contributed by atoms with Gasteiger partial charge < -0.3 is 9.72 Å². The minimum atomic E-state index is -4.88. The van der Waals surface area contributed by atoms with Crippen LogP contribution in [0.3, 0.4) is 0 Å². The third-order valence-corrected chi connectivity index (χ3v) is 2.31. The van der Waals surface area contributed by atoms with Crippen molar-refractivity contribution in [3.05, 3.63) is 25.0 Å². The highest BCUT2D eigenvalue weighted by molar-refractivity contribution is 14.1. The predicted molar refractivity (Wildman–Crippen MR) is 51.5 cm³/mol. The van der Waals surface area contributed by atoms with Crippen LogP contribution in [0, 0.1) is 3.57 Å². The summed E-state index contributed by atoms with van der Waals surface area (Å²) in [7, 11) is 0. The summed E-state index contributed by atoms with van der Waals surface area (Å²) < 4.78 is 38.9. The van der Waals surface area contributed by atoms with E-state index in [1.165, 1.54) is 0 Å². The zero-order valence-electron chi connectivity index (χ0n) is 6.28. The van der Waals surface area contributed by atoms with E-state index in [2.05, 4.69) is 9.72 Å². The largest absolute Gasteiger partial charge is 0.574 e. The molecule has 0 atom stereocenters. The summed E-state index contributed by atoms with van der Waals surface area (Å²) in [6.07, 6.45) is -3.80. The number of nitrogens with one attached hydrogen (secondary N) is 1. The highest BCUT2D eigenvalue weighted by Gasteiger charge is 2.33. The van der Waals surface area contributed by atoms with Crippen LogP contribution in [0.25, 0.3) is 0 Å². The summed E-state index contributed by atoms with van der Waals surface area (Å²) in [5.41, 5.74) is -0.703. The maximum atomic E-state index is 11.7. The Morgan fingerprint density at radius 3 is 2.57 bits per heavy atom. The highest BCUT2D eigenvalue weighted by atomic mass is 127. The topological polar surface area (TPSA) is 42.1 Å². The van der Waals surface area contributed by atoms with Crippen LogP contribution in [-0.4, -0.2) is 11.3 Å². The third kappa shape index (κ3) is 2.77. The zero-order chi connectivity index (χ0) is 10.9. The second kappa shape index (κ2) is 3.97. The van der Waals surface area contributed by atoms with Crippen LogP contribution in [0.5, 0.6) is 5.88 Å². The van der Waals surface area contributed by atoms with Gasteiger partial charge in [0.25, 0.3) is 0 Å². The molecule has 1 aromatic rings. The van der Waals surface area contributed by atoms with Crippen molar-refractivity contribution < 1.29 is 17.9 Å². The lowest BCUT2D eigenvalue weighted by atomic mass is 10.5. The number of pyridine rings is 1. The standard InChI is InChI=1S/C6H2ClF3INO2/c7-3-4(13)2(11)1-12-5(3)14-6(8,9)10/h1H,(H,12,13). The third-order valence-electron chi connectivity index (χ3n) is 1.16. The molecule has 0 radical (unpaired) electrons. The van der Waals surface area contributed by atoms with Gasteiger partial charge in [0.2, 0.25) is 11.3 Å². The first-order chi connectivity index (χ1) is 6.31. The van der Waals surface area contributed by atoms with Crippen molar-refractivity contribution in [3.63, 3.8) is 0 Å². The van der Waals surface area contributed by atoms with E-state index in [1.807, 2.05) is 0 Å². The first kappa shape index (κ1) is 11.6. The monoisotopic (exact) mass is 339 g/mol. The van der Waals surface area contributed by atoms with E-state index in [9.17, 15) is 18.0 Å². The van der Waals surface area contributed by atoms with Gasteiger partial charge >= 0.3 is 6.36 Å². The molecule has 0 amide bonds. The number of rotatable bonds is 1. The molecule has 1 N–H and O–H groups in total. The van der Waals surface area contributed by atoms with Gasteiger partial charge in [-0.25, -0.2) is 0 Å². The Morgan fingerprint density at radius 1 is 1.50 bits per heavy atom. The molecule has 1 heterocycles. The summed E-state index contributed by atoms with van der Waals surface area (Å²) in [6.45, 7) is 0. The van der Waals surface area contributed by atoms with Crippen molar-refractivity contribution in [2.45, 2.75) is 6.36 Å². The summed E-state index contributed by atoms with van der Waals surface area (Å²) in [5.74, 6) is -0.801. The smallest absolute Gasteiger partial charge is 0.388 e. The van der Waals surface area contributed by atoms with E-state index in [1.54, 1.807) is 22.6 Å². The van der Waals surface area contributed by atoms with Crippen molar-refractivity contribution in [1.29, 1.82) is 0 Å². The number of hydrogen-bond donors (Lipinski definition) is 1. The molecule has 0 fully saturated rings. The van der Waals surface area contributed by atoms with E-state index in [4.69, 9.17) is 11.6 Å². The minimum absolute atomic E-state index is 0.183. The normalized spacial score (nSPS) is 11.5. The lowest BCUT2D eigenvalue weighted by molar-refractivity contribution is -0.276. The second-order valence-electron chi connectivity index (χ2n) is 2.16. The Hall–Kier alpha value is -0.440. The summed E-state index contributed by atoms with van der Waals surface area (Å²) in [5, 5.41) is -0.616. The molecule has 78 valence electrons. The van der Waals surface area contributed by atoms with Gasteiger partial charge in [-0.05, 0) is 22.6 Å². The number of H-pyrrole nitrogens is 1. The number of hydrogen-bond acceptors (Lipinski definition) is 2. The Bertz CT molecular complexity index is 403. The molecule has 0 aliphatic carbocycles. The highest BCUT2D eigenvalue weighted by Crippen LogP contribution is 2.25. The first-order valence-corrected chi connectivity index (χ1v) is 4.59. The molecule has 0 spiro atoms. The summed E-state index contributed by atoms with van der Waals surface area (Å²) in [6, 6.07) is 0. The van der Waals surface area contributed by atoms with E-state index in [0.29, 0.717) is 0 Å². The Balaban J connectivity index is 3.13. The van der Waals surface area contributed by atoms with Gasteiger partial charge in [0.15, 0.2) is 0 Å². The fourth-order valence-electron chi connectivity index (χ4n) is 0.656. The molecular weight excluding hydrogens is 337 g/mol. The number of alkyl halides is 3. The predicted octanol–water partition coefficient (Wildman–Crippen LogP) is 2.53. The minimum Gasteiger partial charge on any atom is -0.388 e. The van der Waals surface area contributed by atoms with Crippen molar-refractivity contribution in [3.8, 4) is 5.88 Å². The zero-order valence-corrected chi connectivity index (χ0v) is 9.20. The quantitative estimate of drug-likeness (QED) is 0.799. The number of aromatic nitrogens is 1. The first-order valence-electron chi connectivity index (χ1n) is 3.13. The molecular formula is C6H2ClF3INO2. The van der Waals surface area contributed by atoms with Gasteiger partial charge in [0.1, 0.15) is 5.02 Å². The summed E-state index contributed by atoms with van der Waals surface area (Å²) in [4.78, 5) is 13.2. The summed E-state index contributed by atoms with van der Waals surface area (Å²) >= 11 is 6.97. The molecule has 8 heteroatoms. The fourth-order valence-corrected chi connectivity index (χ4v) is 1.44. The van der Waals surface area contributed by atoms with Crippen molar-refractivity contribution in [2.75, 3.05) is 0 Å². The SMILES string of the molecule is O=c1c(I)c[nH]c(OC(F)(F)F)c1Cl. The molecule has 14 heavy (non-hydrogen) atoms. The van der Waals surface area contributed by atoms with Gasteiger partial charge in [-0.3, -0.25) is 4.79 Å². The molecule has 3 nitrogen and oxygen atoms in total. The fraction of sp³-hybridized carbons (Fsp3) is 0.167. The van der Waals surface area contributed by atoms with Crippen molar-refractivity contribution in [2.24, 2.45) is 0 Å². The van der Waals surface area contributed by atoms with Crippen molar-refractivity contribution in [1.82, 2.24) is 4.98 Å². The Labute approximate surface area is 94.4 Å². The molecule has 0 aliphatic heterocycles. The van der Waals surface area contributed by atoms with Gasteiger partial charge in [-0.1, -0.05) is 11.6 Å². The van der Waals surface area contributed by atoms with Gasteiger partial charge in [0.05, 0.1) is 3.57 Å². The molecule has 1 rings (SSSR count). The number of ether oxygens (including phenoxy) is 1. The average molecular weight is 339 g/mol. The van der Waals surface area contributed by atoms with E-state index in [0.717, 1.165) is 6.20 Å². The van der Waals surface area contributed by atoms with Crippen LogP contribution >= 0.6 is 34.2 Å². The lowest BCUT2D eigenvalue weighted by Crippen LogP contribution is -2.20. The Kier molecular flexibility index (Phi) is 3.30. The van der Waals surface area contributed by atoms with E-state index < -0.39 is 22.7 Å². The van der Waals surface area contributed by atoms with E-state index in [-0.39, 0.29) is 3.57 Å². The maximum absolute atomic E-state index is 11.7. The van der Waals surface area contributed by atoms with Gasteiger partial charge in [-0.2, -0.15) is 0 Å². The molecule has 0 aliphatic rings. The van der Waals surface area contributed by atoms with Crippen LogP contribution in [0.15, 0.2) is 11.0 Å². The molecule has 0 saturated carbocycles. The molecule has 0 saturated heterocycles. The lowest BCUT2D eigenvalue weighted by Gasteiger charge is -2.09. The molecule has 0 aromatic carbocycles. The number of halogens is 5. The second-order valence-corrected chi connectivity index (χ2v) is 3.70. The molecule has 1 aromatic heterocycles. The van der Waals surface area contributed by atoms with E-state index >= 15 is 0 Å². The van der Waals surface area contributed by atoms with Gasteiger partial charge in [0, 0.05) is 6.20 Å². The number of aromatic amines is 1. The van der Waals surface area contributed by atoms with Gasteiger partial charge in [-0.15, -0.1) is 13.2 Å². The van der Waals surface area contributed by atoms with Crippen LogP contribution in [-0.2, 0) is 0 Å². The molecule has 0 bridgehead atoms. The van der Waals surface area contributed by atoms with Crippen LogP contribution in [0.2, 0.25) is 5.02 Å². The Morgan fingerprint density at radius 2 is 2.07 bits per heavy atom. The van der Waals surface area contributed by atoms with Crippen molar-refractivity contribution >= 4 is 34.2 Å². The van der Waals surface area contributed by atoms with Crippen LogP contribution < -0.4 is 10.2 Å². The average Bonchev–Trinajstić information content (AvgIpc) is 2.04. The van der Waals surface area contributed by atoms with Crippen LogP contribution in [0.1, 0.15) is 0 Å². The molecule has 0 unspecified atom stereocenters.